The standard InChI is InChI=1S/C23H25ClN5O2P/c1-31-23-27-20-16(22(28-23)29-9-12-4-5-13(10-29)26-12)8-25-19(21(20)32)15-6-14(30)7-17(24)18(15)11-2-3-11/h6-8,11-13,26,30H,2-5,9-10,32H2,1H3. The summed E-state index contributed by atoms with van der Waals surface area (Å²) in [6, 6.07) is 4.69. The molecule has 3 unspecified atom stereocenters. The summed E-state index contributed by atoms with van der Waals surface area (Å²) in [5, 5.41) is 16.3. The van der Waals surface area contributed by atoms with Gasteiger partial charge in [-0.3, -0.25) is 4.98 Å². The average molecular weight is 470 g/mol. The highest BCUT2D eigenvalue weighted by molar-refractivity contribution is 7.28. The molecule has 2 bridgehead atoms. The van der Waals surface area contributed by atoms with Crippen LogP contribution in [0.2, 0.25) is 5.02 Å². The van der Waals surface area contributed by atoms with Gasteiger partial charge in [0, 0.05) is 47.3 Å². The summed E-state index contributed by atoms with van der Waals surface area (Å²) >= 11 is 6.55. The number of hydrogen-bond donors (Lipinski definition) is 2. The van der Waals surface area contributed by atoms with Gasteiger partial charge in [-0.2, -0.15) is 9.97 Å². The number of halogens is 1. The first-order valence-corrected chi connectivity index (χ1v) is 12.0. The molecule has 4 heterocycles. The number of methoxy groups -OCH3 is 1. The van der Waals surface area contributed by atoms with Gasteiger partial charge in [0.15, 0.2) is 0 Å². The Balaban J connectivity index is 1.53. The lowest BCUT2D eigenvalue weighted by Gasteiger charge is -2.34. The van der Waals surface area contributed by atoms with Gasteiger partial charge in [0.1, 0.15) is 11.6 Å². The number of pyridine rings is 1. The highest BCUT2D eigenvalue weighted by Gasteiger charge is 2.34. The van der Waals surface area contributed by atoms with E-state index in [1.807, 2.05) is 6.20 Å². The molecule has 3 aromatic rings. The molecule has 6 rings (SSSR count). The fourth-order valence-corrected chi connectivity index (χ4v) is 5.99. The molecule has 3 aliphatic rings. The minimum Gasteiger partial charge on any atom is -0.508 e. The minimum atomic E-state index is 0.137. The number of nitrogens with zero attached hydrogens (tertiary/aromatic N) is 4. The van der Waals surface area contributed by atoms with Gasteiger partial charge in [0.05, 0.1) is 23.7 Å². The summed E-state index contributed by atoms with van der Waals surface area (Å²) in [5.74, 6) is 1.41. The van der Waals surface area contributed by atoms with E-state index in [0.29, 0.717) is 29.0 Å². The average Bonchev–Trinajstić information content (AvgIpc) is 3.56. The first-order chi connectivity index (χ1) is 15.5. The first-order valence-electron chi connectivity index (χ1n) is 11.1. The van der Waals surface area contributed by atoms with Crippen molar-refractivity contribution in [3.63, 3.8) is 0 Å². The maximum absolute atomic E-state index is 10.3. The number of nitrogens with one attached hydrogen (secondary N) is 1. The van der Waals surface area contributed by atoms with Crippen LogP contribution in [-0.4, -0.2) is 52.3 Å². The Hall–Kier alpha value is -2.21. The van der Waals surface area contributed by atoms with Crippen LogP contribution in [0.3, 0.4) is 0 Å². The van der Waals surface area contributed by atoms with Gasteiger partial charge in [-0.15, -0.1) is 9.24 Å². The lowest BCUT2D eigenvalue weighted by Crippen LogP contribution is -2.51. The number of aromatic nitrogens is 3. The van der Waals surface area contributed by atoms with E-state index in [1.54, 1.807) is 19.2 Å². The monoisotopic (exact) mass is 469 g/mol. The molecule has 0 radical (unpaired) electrons. The summed E-state index contributed by atoms with van der Waals surface area (Å²) in [4.78, 5) is 16.6. The molecule has 9 heteroatoms. The van der Waals surface area contributed by atoms with Crippen LogP contribution >= 0.6 is 20.8 Å². The lowest BCUT2D eigenvalue weighted by molar-refractivity contribution is 0.380. The van der Waals surface area contributed by atoms with Crippen LogP contribution in [0.1, 0.15) is 37.2 Å². The van der Waals surface area contributed by atoms with Gasteiger partial charge in [0.2, 0.25) is 0 Å². The summed E-state index contributed by atoms with van der Waals surface area (Å²) in [7, 11) is 4.39. The molecule has 2 saturated heterocycles. The number of ether oxygens (including phenoxy) is 1. The third-order valence-corrected chi connectivity index (χ3v) is 7.65. The summed E-state index contributed by atoms with van der Waals surface area (Å²) in [6.45, 7) is 1.82. The number of aromatic hydroxyl groups is 1. The molecule has 7 nitrogen and oxygen atoms in total. The summed E-state index contributed by atoms with van der Waals surface area (Å²) in [5.41, 5.74) is 3.46. The molecule has 0 amide bonds. The van der Waals surface area contributed by atoms with Crippen LogP contribution in [0, 0.1) is 0 Å². The number of phenolic OH excluding ortho intramolecular Hbond substituents is 1. The molecule has 2 N–H and O–H groups in total. The van der Waals surface area contributed by atoms with Crippen LogP contribution in [0.4, 0.5) is 5.82 Å². The van der Waals surface area contributed by atoms with E-state index in [1.165, 1.54) is 12.8 Å². The van der Waals surface area contributed by atoms with Crippen molar-refractivity contribution >= 4 is 42.9 Å². The number of rotatable bonds is 4. The maximum Gasteiger partial charge on any atom is 0.318 e. The predicted octanol–water partition coefficient (Wildman–Crippen LogP) is 3.38. The second-order valence-electron chi connectivity index (χ2n) is 9.02. The molecule has 1 aliphatic carbocycles. The molecular weight excluding hydrogens is 445 g/mol. The topological polar surface area (TPSA) is 83.4 Å². The van der Waals surface area contributed by atoms with E-state index in [-0.39, 0.29) is 5.75 Å². The first kappa shape index (κ1) is 20.4. The second-order valence-corrected chi connectivity index (χ2v) is 10.0. The molecule has 1 aromatic carbocycles. The predicted molar refractivity (Wildman–Crippen MR) is 129 cm³/mol. The Bertz CT molecular complexity index is 1220. The van der Waals surface area contributed by atoms with Gasteiger partial charge in [-0.25, -0.2) is 0 Å². The maximum atomic E-state index is 10.3. The highest BCUT2D eigenvalue weighted by atomic mass is 35.5. The fraction of sp³-hybridized carbons (Fsp3) is 0.435. The van der Waals surface area contributed by atoms with Crippen LogP contribution in [-0.2, 0) is 0 Å². The number of anilines is 1. The number of benzene rings is 1. The molecule has 2 aliphatic heterocycles. The Morgan fingerprint density at radius 1 is 1.16 bits per heavy atom. The van der Waals surface area contributed by atoms with Crippen molar-refractivity contribution in [2.45, 2.75) is 43.7 Å². The van der Waals surface area contributed by atoms with Gasteiger partial charge < -0.3 is 20.1 Å². The van der Waals surface area contributed by atoms with Crippen molar-refractivity contribution in [1.82, 2.24) is 20.3 Å². The van der Waals surface area contributed by atoms with Crippen molar-refractivity contribution < 1.29 is 9.84 Å². The van der Waals surface area contributed by atoms with Crippen molar-refractivity contribution in [1.29, 1.82) is 0 Å². The normalized spacial score (nSPS) is 22.5. The third kappa shape index (κ3) is 3.38. The molecule has 166 valence electrons. The zero-order valence-corrected chi connectivity index (χ0v) is 19.7. The zero-order chi connectivity index (χ0) is 22.0. The molecule has 3 atom stereocenters. The lowest BCUT2D eigenvalue weighted by atomic mass is 9.99. The summed E-state index contributed by atoms with van der Waals surface area (Å²) < 4.78 is 5.48. The van der Waals surface area contributed by atoms with Gasteiger partial charge >= 0.3 is 6.01 Å². The van der Waals surface area contributed by atoms with Gasteiger partial charge in [-0.05, 0) is 49.3 Å². The van der Waals surface area contributed by atoms with E-state index in [4.69, 9.17) is 31.3 Å². The zero-order valence-electron chi connectivity index (χ0n) is 17.8. The van der Waals surface area contributed by atoms with E-state index < -0.39 is 0 Å². The van der Waals surface area contributed by atoms with E-state index in [0.717, 1.165) is 64.8 Å². The van der Waals surface area contributed by atoms with Crippen LogP contribution in [0.5, 0.6) is 11.8 Å². The Labute approximate surface area is 193 Å². The Morgan fingerprint density at radius 2 is 1.91 bits per heavy atom. The second kappa shape index (κ2) is 7.68. The van der Waals surface area contributed by atoms with Gasteiger partial charge in [0.25, 0.3) is 0 Å². The number of phenols is 1. The van der Waals surface area contributed by atoms with Crippen LogP contribution in [0.25, 0.3) is 22.2 Å². The van der Waals surface area contributed by atoms with Crippen LogP contribution in [0.15, 0.2) is 18.3 Å². The molecule has 1 saturated carbocycles. The number of fused-ring (bicyclic) bond motifs is 3. The molecular formula is C23H25ClN5O2P. The summed E-state index contributed by atoms with van der Waals surface area (Å²) in [6.07, 6.45) is 6.44. The molecule has 2 aromatic heterocycles. The SMILES string of the molecule is COc1nc(N2CC3CCC(C2)N3)c2cnc(-c3cc(O)cc(Cl)c3C3CC3)c(P)c2n1. The number of hydrogen-bond acceptors (Lipinski definition) is 7. The molecule has 0 spiro atoms. The Kier molecular flexibility index (Phi) is 4.90. The number of piperazine rings is 1. The van der Waals surface area contributed by atoms with Crippen LogP contribution < -0.4 is 20.3 Å². The van der Waals surface area contributed by atoms with E-state index in [9.17, 15) is 5.11 Å². The van der Waals surface area contributed by atoms with E-state index >= 15 is 0 Å². The smallest absolute Gasteiger partial charge is 0.318 e. The van der Waals surface area contributed by atoms with Crippen molar-refractivity contribution in [3.8, 4) is 23.0 Å². The highest BCUT2D eigenvalue weighted by Crippen LogP contribution is 2.48. The fourth-order valence-electron chi connectivity index (χ4n) is 5.18. The van der Waals surface area contributed by atoms with E-state index in [2.05, 4.69) is 19.5 Å². The quantitative estimate of drug-likeness (QED) is 0.567. The Morgan fingerprint density at radius 3 is 2.59 bits per heavy atom. The van der Waals surface area contributed by atoms with Gasteiger partial charge in [-0.1, -0.05) is 11.6 Å². The minimum absolute atomic E-state index is 0.137. The van der Waals surface area contributed by atoms with Crippen molar-refractivity contribution in [2.75, 3.05) is 25.1 Å². The van der Waals surface area contributed by atoms with Crippen molar-refractivity contribution in [3.05, 3.63) is 28.9 Å². The molecule has 32 heavy (non-hydrogen) atoms. The largest absolute Gasteiger partial charge is 0.508 e. The molecule has 3 fully saturated rings. The third-order valence-electron chi connectivity index (χ3n) is 6.79. The van der Waals surface area contributed by atoms with Crippen molar-refractivity contribution in [2.24, 2.45) is 0 Å².